The molecule has 0 aliphatic carbocycles. The Hall–Kier alpha value is -1.37. The van der Waals surface area contributed by atoms with Gasteiger partial charge in [0.1, 0.15) is 0 Å². The van der Waals surface area contributed by atoms with Crippen LogP contribution in [0.5, 0.6) is 0 Å². The summed E-state index contributed by atoms with van der Waals surface area (Å²) in [7, 11) is 0. The van der Waals surface area contributed by atoms with Crippen LogP contribution in [0.3, 0.4) is 0 Å². The second-order valence-corrected chi connectivity index (χ2v) is 4.91. The molecule has 0 fully saturated rings. The summed E-state index contributed by atoms with van der Waals surface area (Å²) in [5.74, 6) is -0.0623. The van der Waals surface area contributed by atoms with Gasteiger partial charge in [0, 0.05) is 9.77 Å². The number of carbonyl (C=O) groups excluding carboxylic acids is 1. The summed E-state index contributed by atoms with van der Waals surface area (Å²) >= 11 is 2.16. The summed E-state index contributed by atoms with van der Waals surface area (Å²) in [6.45, 7) is 2.44. The average molecular weight is 341 g/mol. The number of carbonyl (C=O) groups is 1. The Morgan fingerprint density at radius 2 is 2.29 bits per heavy atom. The van der Waals surface area contributed by atoms with Crippen molar-refractivity contribution in [3.63, 3.8) is 0 Å². The molecule has 1 aromatic carbocycles. The first kappa shape index (κ1) is 12.1. The Kier molecular flexibility index (Phi) is 3.78. The molecule has 0 unspecified atom stereocenters. The van der Waals surface area contributed by atoms with E-state index in [0.29, 0.717) is 12.1 Å². The van der Waals surface area contributed by atoms with E-state index in [0.717, 1.165) is 14.8 Å². The van der Waals surface area contributed by atoms with Crippen molar-refractivity contribution in [3.05, 3.63) is 50.9 Å². The molecule has 0 aliphatic rings. The van der Waals surface area contributed by atoms with Gasteiger partial charge in [-0.3, -0.25) is 9.89 Å². The fourth-order valence-electron chi connectivity index (χ4n) is 1.47. The van der Waals surface area contributed by atoms with E-state index < -0.39 is 0 Å². The molecule has 4 nitrogen and oxygen atoms in total. The van der Waals surface area contributed by atoms with Gasteiger partial charge in [0.05, 0.1) is 17.8 Å². The van der Waals surface area contributed by atoms with Gasteiger partial charge in [0.25, 0.3) is 5.91 Å². The molecule has 0 aliphatic heterocycles. The van der Waals surface area contributed by atoms with Crippen molar-refractivity contribution in [2.75, 3.05) is 0 Å². The van der Waals surface area contributed by atoms with Gasteiger partial charge in [-0.2, -0.15) is 5.10 Å². The second-order valence-electron chi connectivity index (χ2n) is 3.75. The van der Waals surface area contributed by atoms with Gasteiger partial charge in [-0.1, -0.05) is 11.6 Å². The molecule has 0 saturated heterocycles. The third kappa shape index (κ3) is 3.06. The van der Waals surface area contributed by atoms with Gasteiger partial charge in [-0.05, 0) is 47.7 Å². The molecule has 0 spiro atoms. The maximum atomic E-state index is 12.0. The minimum Gasteiger partial charge on any atom is -0.346 e. The lowest BCUT2D eigenvalue weighted by molar-refractivity contribution is 0.0949. The maximum Gasteiger partial charge on any atom is 0.252 e. The van der Waals surface area contributed by atoms with E-state index in [-0.39, 0.29) is 5.91 Å². The number of hydrogen-bond donors (Lipinski definition) is 2. The molecule has 17 heavy (non-hydrogen) atoms. The van der Waals surface area contributed by atoms with Crippen LogP contribution >= 0.6 is 22.6 Å². The number of aromatic amines is 1. The fourth-order valence-corrected chi connectivity index (χ4v) is 2.05. The maximum absolute atomic E-state index is 12.0. The zero-order valence-electron chi connectivity index (χ0n) is 9.33. The third-order valence-corrected chi connectivity index (χ3v) is 3.30. The van der Waals surface area contributed by atoms with Crippen LogP contribution in [0.2, 0.25) is 0 Å². The summed E-state index contributed by atoms with van der Waals surface area (Å²) in [5, 5.41) is 9.48. The van der Waals surface area contributed by atoms with E-state index in [1.807, 2.05) is 31.2 Å². The average Bonchev–Trinajstić information content (AvgIpc) is 2.82. The monoisotopic (exact) mass is 341 g/mol. The molecule has 0 radical (unpaired) electrons. The number of hydrogen-bond acceptors (Lipinski definition) is 2. The summed E-state index contributed by atoms with van der Waals surface area (Å²) < 4.78 is 0.954. The standard InChI is InChI=1S/C12H12IN3O/c1-8-2-3-11(13)10(6-8)12(17)14-7-9-4-5-15-16-9/h2-6H,7H2,1H3,(H,14,17)(H,15,16). The van der Waals surface area contributed by atoms with Gasteiger partial charge < -0.3 is 5.32 Å². The zero-order valence-corrected chi connectivity index (χ0v) is 11.5. The minimum absolute atomic E-state index is 0.0623. The third-order valence-electron chi connectivity index (χ3n) is 2.36. The molecule has 2 rings (SSSR count). The lowest BCUT2D eigenvalue weighted by Gasteiger charge is -2.06. The fraction of sp³-hybridized carbons (Fsp3) is 0.167. The van der Waals surface area contributed by atoms with Gasteiger partial charge in [-0.25, -0.2) is 0 Å². The first-order chi connectivity index (χ1) is 8.16. The van der Waals surface area contributed by atoms with Crippen LogP contribution in [0.1, 0.15) is 21.6 Å². The number of halogens is 1. The SMILES string of the molecule is Cc1ccc(I)c(C(=O)NCc2ccn[nH]2)c1. The van der Waals surface area contributed by atoms with Crippen molar-refractivity contribution < 1.29 is 4.79 Å². The molecular weight excluding hydrogens is 329 g/mol. The van der Waals surface area contributed by atoms with Crippen LogP contribution < -0.4 is 5.32 Å². The van der Waals surface area contributed by atoms with Crippen molar-refractivity contribution in [2.24, 2.45) is 0 Å². The lowest BCUT2D eigenvalue weighted by atomic mass is 10.1. The van der Waals surface area contributed by atoms with Gasteiger partial charge in [0.15, 0.2) is 0 Å². The molecule has 0 saturated carbocycles. The first-order valence-corrected chi connectivity index (χ1v) is 6.27. The quantitative estimate of drug-likeness (QED) is 0.842. The van der Waals surface area contributed by atoms with Crippen LogP contribution in [-0.4, -0.2) is 16.1 Å². The summed E-state index contributed by atoms with van der Waals surface area (Å²) in [6, 6.07) is 7.67. The van der Waals surface area contributed by atoms with Crippen LogP contribution in [-0.2, 0) is 6.54 Å². The number of amides is 1. The highest BCUT2D eigenvalue weighted by Crippen LogP contribution is 2.14. The molecule has 2 aromatic rings. The molecule has 0 atom stereocenters. The number of H-pyrrole nitrogens is 1. The van der Waals surface area contributed by atoms with Gasteiger partial charge in [0.2, 0.25) is 0 Å². The minimum atomic E-state index is -0.0623. The number of aryl methyl sites for hydroxylation is 1. The molecule has 88 valence electrons. The van der Waals surface area contributed by atoms with Crippen molar-refractivity contribution in [1.82, 2.24) is 15.5 Å². The Morgan fingerprint density at radius 3 is 3.00 bits per heavy atom. The number of nitrogens with one attached hydrogen (secondary N) is 2. The van der Waals surface area contributed by atoms with Gasteiger partial charge >= 0.3 is 0 Å². The van der Waals surface area contributed by atoms with Crippen LogP contribution in [0.15, 0.2) is 30.5 Å². The molecule has 1 amide bonds. The normalized spacial score (nSPS) is 10.2. The molecule has 1 aromatic heterocycles. The largest absolute Gasteiger partial charge is 0.346 e. The molecule has 0 bridgehead atoms. The topological polar surface area (TPSA) is 57.8 Å². The van der Waals surface area contributed by atoms with Crippen molar-refractivity contribution in [3.8, 4) is 0 Å². The van der Waals surface area contributed by atoms with E-state index in [2.05, 4.69) is 38.1 Å². The Balaban J connectivity index is 2.07. The Labute approximate surface area is 113 Å². The smallest absolute Gasteiger partial charge is 0.252 e. The molecule has 2 N–H and O–H groups in total. The molecule has 1 heterocycles. The van der Waals surface area contributed by atoms with Crippen LogP contribution in [0.4, 0.5) is 0 Å². The van der Waals surface area contributed by atoms with Crippen LogP contribution in [0.25, 0.3) is 0 Å². The molecule has 5 heteroatoms. The van der Waals surface area contributed by atoms with Crippen molar-refractivity contribution in [1.29, 1.82) is 0 Å². The summed E-state index contributed by atoms with van der Waals surface area (Å²) in [6.07, 6.45) is 1.66. The van der Waals surface area contributed by atoms with E-state index in [4.69, 9.17) is 0 Å². The summed E-state index contributed by atoms with van der Waals surface area (Å²) in [4.78, 5) is 12.0. The Morgan fingerprint density at radius 1 is 1.47 bits per heavy atom. The highest BCUT2D eigenvalue weighted by atomic mass is 127. The lowest BCUT2D eigenvalue weighted by Crippen LogP contribution is -2.24. The van der Waals surface area contributed by atoms with Gasteiger partial charge in [-0.15, -0.1) is 0 Å². The Bertz CT molecular complexity index is 523. The van der Waals surface area contributed by atoms with Crippen molar-refractivity contribution in [2.45, 2.75) is 13.5 Å². The first-order valence-electron chi connectivity index (χ1n) is 5.19. The van der Waals surface area contributed by atoms with E-state index in [9.17, 15) is 4.79 Å². The number of aromatic nitrogens is 2. The molecular formula is C12H12IN3O. The zero-order chi connectivity index (χ0) is 12.3. The van der Waals surface area contributed by atoms with E-state index >= 15 is 0 Å². The van der Waals surface area contributed by atoms with Crippen molar-refractivity contribution >= 4 is 28.5 Å². The second kappa shape index (κ2) is 5.31. The predicted octanol–water partition coefficient (Wildman–Crippen LogP) is 2.25. The highest BCUT2D eigenvalue weighted by molar-refractivity contribution is 14.1. The van der Waals surface area contributed by atoms with E-state index in [1.54, 1.807) is 6.20 Å². The van der Waals surface area contributed by atoms with Crippen LogP contribution in [0, 0.1) is 10.5 Å². The van der Waals surface area contributed by atoms with E-state index in [1.165, 1.54) is 0 Å². The number of benzene rings is 1. The number of nitrogens with zero attached hydrogens (tertiary/aromatic N) is 1. The number of rotatable bonds is 3. The summed E-state index contributed by atoms with van der Waals surface area (Å²) in [5.41, 5.74) is 2.68. The highest BCUT2D eigenvalue weighted by Gasteiger charge is 2.09. The predicted molar refractivity (Wildman–Crippen MR) is 73.7 cm³/mol.